The molecule has 1 aromatic heterocycles. The molecule has 2 saturated heterocycles. The monoisotopic (exact) mass is 438 g/mol. The Morgan fingerprint density at radius 3 is 2.34 bits per heavy atom. The Morgan fingerprint density at radius 2 is 1.69 bits per heavy atom. The molecule has 1 aliphatic carbocycles. The molecule has 3 N–H and O–H groups in total. The van der Waals surface area contributed by atoms with Crippen LogP contribution in [0.2, 0.25) is 0 Å². The number of benzene rings is 1. The summed E-state index contributed by atoms with van der Waals surface area (Å²) in [6.45, 7) is 3.67. The predicted octanol–water partition coefficient (Wildman–Crippen LogP) is 1.39. The number of ether oxygens (including phenoxy) is 2. The van der Waals surface area contributed by atoms with E-state index in [0.29, 0.717) is 68.6 Å². The van der Waals surface area contributed by atoms with E-state index < -0.39 is 0 Å². The first-order valence-corrected chi connectivity index (χ1v) is 10.9. The fourth-order valence-corrected chi connectivity index (χ4v) is 3.50. The number of rotatable bonds is 6. The number of amides is 3. The second-order valence-electron chi connectivity index (χ2n) is 8.19. The van der Waals surface area contributed by atoms with Crippen LogP contribution in [0.3, 0.4) is 0 Å². The molecule has 32 heavy (non-hydrogen) atoms. The average molecular weight is 438 g/mol. The minimum absolute atomic E-state index is 0.0138. The van der Waals surface area contributed by atoms with Crippen molar-refractivity contribution in [2.45, 2.75) is 24.9 Å². The van der Waals surface area contributed by atoms with Gasteiger partial charge in [-0.25, -0.2) is 14.8 Å². The molecule has 10 nitrogen and oxygen atoms in total. The third-order valence-electron chi connectivity index (χ3n) is 5.57. The van der Waals surface area contributed by atoms with Gasteiger partial charge in [0.1, 0.15) is 11.5 Å². The Morgan fingerprint density at radius 1 is 0.938 bits per heavy atom. The van der Waals surface area contributed by atoms with Crippen LogP contribution in [-0.2, 0) is 9.47 Å². The first-order valence-electron chi connectivity index (χ1n) is 10.9. The Balaban J connectivity index is 1.37. The van der Waals surface area contributed by atoms with E-state index in [-0.39, 0.29) is 18.0 Å². The van der Waals surface area contributed by atoms with Crippen LogP contribution in [0.15, 0.2) is 30.3 Å². The zero-order chi connectivity index (χ0) is 21.9. The van der Waals surface area contributed by atoms with Gasteiger partial charge in [0.2, 0.25) is 0 Å². The minimum atomic E-state index is -0.244. The Labute approximate surface area is 185 Å². The van der Waals surface area contributed by atoms with E-state index >= 15 is 0 Å². The molecule has 2 aliphatic heterocycles. The van der Waals surface area contributed by atoms with Gasteiger partial charge in [0.05, 0.1) is 32.5 Å². The normalized spacial score (nSPS) is 18.6. The number of urea groups is 1. The number of morpholine rings is 1. The van der Waals surface area contributed by atoms with Gasteiger partial charge in [0, 0.05) is 36.4 Å². The first-order chi connectivity index (χ1) is 15.6. The molecule has 1 saturated carbocycles. The standard InChI is InChI=1S/C22H26N6O4/c29-21(23-17-12-32-13-17)18-11-19(28-7-9-31-10-8-28)27-20(26-18)14-1-3-15(4-2-14)24-22(30)25-16-5-6-16/h1-4,11,16-17H,5-10,12-13H2,(H,23,29)(H2,24,25,30). The molecule has 5 rings (SSSR count). The van der Waals surface area contributed by atoms with E-state index in [0.717, 1.165) is 18.4 Å². The van der Waals surface area contributed by atoms with E-state index in [1.54, 1.807) is 18.2 Å². The summed E-state index contributed by atoms with van der Waals surface area (Å²) in [5, 5.41) is 8.66. The van der Waals surface area contributed by atoms with Crippen LogP contribution in [0.4, 0.5) is 16.3 Å². The van der Waals surface area contributed by atoms with Gasteiger partial charge in [-0.3, -0.25) is 4.79 Å². The zero-order valence-corrected chi connectivity index (χ0v) is 17.7. The van der Waals surface area contributed by atoms with Crippen molar-refractivity contribution in [2.24, 2.45) is 0 Å². The van der Waals surface area contributed by atoms with E-state index in [1.165, 1.54) is 0 Å². The summed E-state index contributed by atoms with van der Waals surface area (Å²) in [6, 6.07) is 9.11. The number of hydrogen-bond acceptors (Lipinski definition) is 7. The topological polar surface area (TPSA) is 118 Å². The van der Waals surface area contributed by atoms with Crippen LogP contribution in [0.25, 0.3) is 11.4 Å². The van der Waals surface area contributed by atoms with Crippen molar-refractivity contribution in [3.63, 3.8) is 0 Å². The van der Waals surface area contributed by atoms with Crippen LogP contribution >= 0.6 is 0 Å². The summed E-state index contributed by atoms with van der Waals surface area (Å²) in [7, 11) is 0. The fourth-order valence-electron chi connectivity index (χ4n) is 3.50. The molecular weight excluding hydrogens is 412 g/mol. The lowest BCUT2D eigenvalue weighted by Gasteiger charge is -2.29. The molecule has 168 valence electrons. The van der Waals surface area contributed by atoms with Gasteiger partial charge in [0.15, 0.2) is 5.82 Å². The Bertz CT molecular complexity index is 984. The highest BCUT2D eigenvalue weighted by atomic mass is 16.5. The van der Waals surface area contributed by atoms with Crippen molar-refractivity contribution in [3.05, 3.63) is 36.0 Å². The SMILES string of the molecule is O=C(Nc1ccc(-c2nc(C(=O)NC3COC3)cc(N3CCOCC3)n2)cc1)NC1CC1. The summed E-state index contributed by atoms with van der Waals surface area (Å²) in [5.41, 5.74) is 1.75. The molecule has 0 bridgehead atoms. The van der Waals surface area contributed by atoms with E-state index in [9.17, 15) is 9.59 Å². The smallest absolute Gasteiger partial charge is 0.319 e. The largest absolute Gasteiger partial charge is 0.378 e. The number of carbonyl (C=O) groups is 2. The van der Waals surface area contributed by atoms with E-state index in [1.807, 2.05) is 12.1 Å². The summed E-state index contributed by atoms with van der Waals surface area (Å²) < 4.78 is 10.6. The van der Waals surface area contributed by atoms with Crippen molar-refractivity contribution in [2.75, 3.05) is 49.7 Å². The number of carbonyl (C=O) groups excluding carboxylic acids is 2. The molecule has 3 heterocycles. The summed E-state index contributed by atoms with van der Waals surface area (Å²) in [6.07, 6.45) is 2.07. The van der Waals surface area contributed by atoms with Crippen molar-refractivity contribution in [3.8, 4) is 11.4 Å². The van der Waals surface area contributed by atoms with Gasteiger partial charge in [-0.15, -0.1) is 0 Å². The molecule has 3 amide bonds. The number of nitrogens with zero attached hydrogens (tertiary/aromatic N) is 3. The highest BCUT2D eigenvalue weighted by Crippen LogP contribution is 2.23. The zero-order valence-electron chi connectivity index (χ0n) is 17.7. The maximum atomic E-state index is 12.8. The Kier molecular flexibility index (Phi) is 5.87. The first kappa shape index (κ1) is 20.7. The van der Waals surface area contributed by atoms with Crippen molar-refractivity contribution < 1.29 is 19.1 Å². The number of anilines is 2. The average Bonchev–Trinajstić information content (AvgIpc) is 3.60. The lowest BCUT2D eigenvalue weighted by molar-refractivity contribution is -0.00354. The quantitative estimate of drug-likeness (QED) is 0.624. The lowest BCUT2D eigenvalue weighted by Crippen LogP contribution is -2.48. The van der Waals surface area contributed by atoms with Crippen LogP contribution in [0, 0.1) is 0 Å². The highest BCUT2D eigenvalue weighted by molar-refractivity contribution is 5.94. The van der Waals surface area contributed by atoms with Crippen molar-refractivity contribution in [1.82, 2.24) is 20.6 Å². The third-order valence-corrected chi connectivity index (χ3v) is 5.57. The molecule has 0 spiro atoms. The molecule has 3 aliphatic rings. The maximum Gasteiger partial charge on any atom is 0.319 e. The maximum absolute atomic E-state index is 12.8. The molecule has 10 heteroatoms. The molecular formula is C22H26N6O4. The summed E-state index contributed by atoms with van der Waals surface area (Å²) in [4.78, 5) is 36.1. The van der Waals surface area contributed by atoms with Crippen molar-refractivity contribution >= 4 is 23.4 Å². The van der Waals surface area contributed by atoms with Crippen LogP contribution in [-0.4, -0.2) is 73.5 Å². The Hall–Kier alpha value is -3.24. The van der Waals surface area contributed by atoms with Gasteiger partial charge in [-0.2, -0.15) is 0 Å². The molecule has 3 fully saturated rings. The molecule has 1 aromatic carbocycles. The lowest BCUT2D eigenvalue weighted by atomic mass is 10.1. The molecule has 2 aromatic rings. The van der Waals surface area contributed by atoms with E-state index in [4.69, 9.17) is 14.5 Å². The van der Waals surface area contributed by atoms with Crippen molar-refractivity contribution in [1.29, 1.82) is 0 Å². The minimum Gasteiger partial charge on any atom is -0.378 e. The third kappa shape index (κ3) is 4.97. The van der Waals surface area contributed by atoms with E-state index in [2.05, 4.69) is 25.8 Å². The molecule has 0 unspecified atom stereocenters. The van der Waals surface area contributed by atoms with Gasteiger partial charge >= 0.3 is 6.03 Å². The highest BCUT2D eigenvalue weighted by Gasteiger charge is 2.24. The number of hydrogen-bond donors (Lipinski definition) is 3. The number of nitrogens with one attached hydrogen (secondary N) is 3. The second-order valence-corrected chi connectivity index (χ2v) is 8.19. The van der Waals surface area contributed by atoms with Gasteiger partial charge in [-0.05, 0) is 37.1 Å². The van der Waals surface area contributed by atoms with Gasteiger partial charge in [-0.1, -0.05) is 0 Å². The number of aromatic nitrogens is 2. The fraction of sp³-hybridized carbons (Fsp3) is 0.455. The molecule has 0 atom stereocenters. The molecule has 0 radical (unpaired) electrons. The van der Waals surface area contributed by atoms with Gasteiger partial charge < -0.3 is 30.3 Å². The predicted molar refractivity (Wildman–Crippen MR) is 118 cm³/mol. The van der Waals surface area contributed by atoms with Crippen LogP contribution in [0.1, 0.15) is 23.3 Å². The second kappa shape index (κ2) is 9.09. The van der Waals surface area contributed by atoms with Gasteiger partial charge in [0.25, 0.3) is 5.91 Å². The summed E-state index contributed by atoms with van der Waals surface area (Å²) in [5.74, 6) is 0.906. The van der Waals surface area contributed by atoms with Crippen LogP contribution in [0.5, 0.6) is 0 Å². The van der Waals surface area contributed by atoms with Crippen LogP contribution < -0.4 is 20.9 Å². The summed E-state index contributed by atoms with van der Waals surface area (Å²) >= 11 is 0.